The molecule has 3 fully saturated rings. The number of nitrogens with zero attached hydrogens (tertiary/aromatic N) is 7. The molecule has 4 aromatic heterocycles. The molecule has 2 saturated carbocycles. The largest absolute Gasteiger partial charge is 0.382 e. The number of H-pyrrole nitrogens is 1. The summed E-state index contributed by atoms with van der Waals surface area (Å²) in [5, 5.41) is 17.7. The van der Waals surface area contributed by atoms with Crippen LogP contribution in [0, 0.1) is 11.8 Å². The summed E-state index contributed by atoms with van der Waals surface area (Å²) < 4.78 is 58.4. The minimum Gasteiger partial charge on any atom is -0.382 e. The van der Waals surface area contributed by atoms with Crippen LogP contribution in [0.2, 0.25) is 0 Å². The fourth-order valence-electron chi connectivity index (χ4n) is 7.75. The first-order chi connectivity index (χ1) is 22.2. The quantitative estimate of drug-likeness (QED) is 0.257. The second kappa shape index (κ2) is 11.1. The van der Waals surface area contributed by atoms with Crippen molar-refractivity contribution >= 4 is 32.8 Å². The molecule has 6 heterocycles. The maximum Gasteiger partial charge on any atom is 0.333 e. The summed E-state index contributed by atoms with van der Waals surface area (Å²) >= 11 is 1.43. The summed E-state index contributed by atoms with van der Waals surface area (Å²) in [5.41, 5.74) is 1.93. The number of hydrogen-bond acceptors (Lipinski definition) is 10. The van der Waals surface area contributed by atoms with Gasteiger partial charge in [-0.2, -0.15) is 13.9 Å². The summed E-state index contributed by atoms with van der Waals surface area (Å²) in [7, 11) is -3.80. The van der Waals surface area contributed by atoms with E-state index in [1.54, 1.807) is 18.6 Å². The first-order valence-corrected chi connectivity index (χ1v) is 17.6. The van der Waals surface area contributed by atoms with Crippen LogP contribution in [0.5, 0.6) is 0 Å². The van der Waals surface area contributed by atoms with Crippen LogP contribution >= 0.6 is 11.3 Å². The van der Waals surface area contributed by atoms with E-state index in [2.05, 4.69) is 29.8 Å². The average molecular weight is 668 g/mol. The molecule has 1 saturated heterocycles. The van der Waals surface area contributed by atoms with Crippen molar-refractivity contribution in [2.45, 2.75) is 55.5 Å². The Hall–Kier alpha value is -3.86. The monoisotopic (exact) mass is 667 g/mol. The molecule has 0 aromatic carbocycles. The maximum absolute atomic E-state index is 14.1. The Morgan fingerprint density at radius 3 is 2.61 bits per heavy atom. The van der Waals surface area contributed by atoms with Crippen molar-refractivity contribution in [1.82, 2.24) is 39.3 Å². The number of hydrogen-bond donors (Lipinski definition) is 3. The van der Waals surface area contributed by atoms with Gasteiger partial charge >= 0.3 is 6.55 Å². The highest BCUT2D eigenvalue weighted by Gasteiger charge is 2.56. The molecule has 8 rings (SSSR count). The lowest BCUT2D eigenvalue weighted by atomic mass is 9.76. The Bertz CT molecular complexity index is 1910. The third-order valence-electron chi connectivity index (χ3n) is 9.57. The Morgan fingerprint density at radius 2 is 1.91 bits per heavy atom. The van der Waals surface area contributed by atoms with Gasteiger partial charge in [-0.3, -0.25) is 9.98 Å². The normalized spacial score (nSPS) is 27.8. The van der Waals surface area contributed by atoms with E-state index in [1.807, 2.05) is 28.5 Å². The summed E-state index contributed by atoms with van der Waals surface area (Å²) in [5.74, 6) is 0.586. The molecule has 16 heteroatoms. The molecule has 0 amide bonds. The van der Waals surface area contributed by atoms with Crippen LogP contribution in [0.1, 0.15) is 55.2 Å². The molecule has 12 nitrogen and oxygen atoms in total. The Kier molecular flexibility index (Phi) is 7.15. The van der Waals surface area contributed by atoms with Crippen molar-refractivity contribution in [1.29, 1.82) is 0 Å². The number of halogens is 2. The number of fused-ring (bicyclic) bond motifs is 3. The summed E-state index contributed by atoms with van der Waals surface area (Å²) in [6, 6.07) is 6.60. The number of alkyl halides is 2. The molecule has 0 spiro atoms. The summed E-state index contributed by atoms with van der Waals surface area (Å²) in [4.78, 5) is 23.2. The summed E-state index contributed by atoms with van der Waals surface area (Å²) in [6.45, 7) is -2.22. The number of imidazole rings is 1. The zero-order chi connectivity index (χ0) is 31.6. The Labute approximate surface area is 267 Å². The highest BCUT2D eigenvalue weighted by atomic mass is 32.2. The van der Waals surface area contributed by atoms with Gasteiger partial charge in [-0.1, -0.05) is 6.07 Å². The lowest BCUT2D eigenvalue weighted by molar-refractivity contribution is -0.0310. The van der Waals surface area contributed by atoms with Gasteiger partial charge in [-0.15, -0.1) is 11.3 Å². The van der Waals surface area contributed by atoms with Crippen molar-refractivity contribution in [2.75, 3.05) is 13.1 Å². The van der Waals surface area contributed by atoms with Crippen LogP contribution in [0.4, 0.5) is 8.78 Å². The molecule has 4 aromatic rings. The predicted molar refractivity (Wildman–Crippen MR) is 166 cm³/mol. The van der Waals surface area contributed by atoms with Gasteiger partial charge in [0.05, 0.1) is 23.2 Å². The van der Waals surface area contributed by atoms with Crippen LogP contribution in [0.15, 0.2) is 65.1 Å². The third-order valence-corrected chi connectivity index (χ3v) is 12.5. The molecule has 0 radical (unpaired) electrons. The van der Waals surface area contributed by atoms with Crippen molar-refractivity contribution in [3.63, 3.8) is 0 Å². The van der Waals surface area contributed by atoms with E-state index in [1.165, 1.54) is 23.6 Å². The Balaban J connectivity index is 1.03. The molecular weight excluding hydrogens is 637 g/mol. The van der Waals surface area contributed by atoms with E-state index in [9.17, 15) is 22.3 Å². The zero-order valence-corrected chi connectivity index (χ0v) is 26.1. The van der Waals surface area contributed by atoms with Gasteiger partial charge in [0, 0.05) is 60.4 Å². The number of thiazole rings is 1. The molecule has 3 N–H and O–H groups in total. The summed E-state index contributed by atoms with van der Waals surface area (Å²) in [6.07, 6.45) is 8.64. The second-order valence-electron chi connectivity index (χ2n) is 12.4. The minimum absolute atomic E-state index is 0.223. The highest BCUT2D eigenvalue weighted by Crippen LogP contribution is 2.52. The topological polar surface area (TPSA) is 154 Å². The van der Waals surface area contributed by atoms with E-state index in [0.717, 1.165) is 5.70 Å². The van der Waals surface area contributed by atoms with Gasteiger partial charge in [0.1, 0.15) is 17.1 Å². The maximum atomic E-state index is 14.1. The minimum atomic E-state index is -3.80. The number of sulfonamides is 1. The molecule has 3 unspecified atom stereocenters. The number of pyridine rings is 1. The molecule has 3 atom stereocenters. The third kappa shape index (κ3) is 5.07. The van der Waals surface area contributed by atoms with E-state index in [0.29, 0.717) is 69.8 Å². The highest BCUT2D eigenvalue weighted by molar-refractivity contribution is 7.90. The molecule has 4 aliphatic rings. The Morgan fingerprint density at radius 1 is 1.09 bits per heavy atom. The van der Waals surface area contributed by atoms with Crippen molar-refractivity contribution < 1.29 is 22.3 Å². The number of aromatic amines is 1. The molecule has 2 aliphatic heterocycles. The van der Waals surface area contributed by atoms with Crippen LogP contribution < -0.4 is 4.72 Å². The van der Waals surface area contributed by atoms with Gasteiger partial charge < -0.3 is 15.0 Å². The van der Waals surface area contributed by atoms with Gasteiger partial charge in [0.2, 0.25) is 10.0 Å². The second-order valence-corrected chi connectivity index (χ2v) is 15.2. The van der Waals surface area contributed by atoms with E-state index >= 15 is 0 Å². The van der Waals surface area contributed by atoms with Crippen LogP contribution in [-0.4, -0.2) is 78.4 Å². The van der Waals surface area contributed by atoms with E-state index in [-0.39, 0.29) is 31.2 Å². The molecule has 46 heavy (non-hydrogen) atoms. The first kappa shape index (κ1) is 29.5. The van der Waals surface area contributed by atoms with E-state index < -0.39 is 33.5 Å². The van der Waals surface area contributed by atoms with Crippen LogP contribution in [-0.2, 0) is 15.6 Å². The van der Waals surface area contributed by atoms with Gasteiger partial charge in [0.25, 0.3) is 0 Å². The molecule has 240 valence electrons. The SMILES string of the molecule is O=S(=O)(NC1CC2=C(c3ccn(C(F)F)n3)CN=C(c3nccs3)N2C1)C1C2CCC1CC(O)(c1nc(-c3ccccn3)c[nH]1)C2. The van der Waals surface area contributed by atoms with Crippen LogP contribution in [0.25, 0.3) is 17.0 Å². The van der Waals surface area contributed by atoms with Crippen molar-refractivity contribution in [3.8, 4) is 11.4 Å². The van der Waals surface area contributed by atoms with Crippen molar-refractivity contribution in [2.24, 2.45) is 16.8 Å². The van der Waals surface area contributed by atoms with Crippen molar-refractivity contribution in [3.05, 3.63) is 76.7 Å². The molecule has 2 bridgehead atoms. The molecular formula is C30H31F2N9O3S2. The molecule has 2 aliphatic carbocycles. The standard InChI is InChI=1S/C30H31F2N9O3S2/c31-29(32)41-9-6-21(38-41)20-14-35-26(27-34-8-10-45-27)40-16-19(11-24(20)40)39-46(43,44)25-17-4-5-18(25)13-30(42,12-17)28-36-15-23(37-28)22-3-1-2-7-33-22/h1-3,6-10,15,17-19,25,29,39,42H,4-5,11-14,16H2,(H,36,37). The smallest absolute Gasteiger partial charge is 0.333 e. The number of nitrogens with one attached hydrogen (secondary N) is 2. The lowest BCUT2D eigenvalue weighted by Crippen LogP contribution is -2.51. The van der Waals surface area contributed by atoms with Gasteiger partial charge in [-0.25, -0.2) is 27.8 Å². The number of aliphatic imine (C=N–C) groups is 1. The number of rotatable bonds is 8. The number of aliphatic hydroxyl groups is 1. The zero-order valence-electron chi connectivity index (χ0n) is 24.5. The lowest BCUT2D eigenvalue weighted by Gasteiger charge is -2.40. The predicted octanol–water partition coefficient (Wildman–Crippen LogP) is 3.76. The van der Waals surface area contributed by atoms with Crippen LogP contribution in [0.3, 0.4) is 0 Å². The number of amidine groups is 1. The van der Waals surface area contributed by atoms with E-state index in [4.69, 9.17) is 4.99 Å². The fourth-order valence-corrected chi connectivity index (χ4v) is 10.7. The number of aromatic nitrogens is 6. The van der Waals surface area contributed by atoms with Gasteiger partial charge in [-0.05, 0) is 55.7 Å². The van der Waals surface area contributed by atoms with Gasteiger partial charge in [0.15, 0.2) is 10.8 Å². The fraction of sp³-hybridized carbons (Fsp3) is 0.433. The first-order valence-electron chi connectivity index (χ1n) is 15.2. The average Bonchev–Trinajstić information content (AvgIpc) is 3.86.